The molecule has 23 nitrogen and oxygen atoms in total. The number of carbonyl (C=O) groups is 11. The van der Waals surface area contributed by atoms with E-state index in [1.807, 2.05) is 20.8 Å². The molecular weight excluding hydrogens is 1230 g/mol. The van der Waals surface area contributed by atoms with Crippen LogP contribution in [0.4, 0.5) is 13.2 Å². The molecule has 3 saturated carbocycles. The van der Waals surface area contributed by atoms with Crippen molar-refractivity contribution in [1.29, 1.82) is 0 Å². The number of halogens is 4. The lowest BCUT2D eigenvalue weighted by Gasteiger charge is -2.41. The Morgan fingerprint density at radius 3 is 1.80 bits per heavy atom. The molecule has 528 valence electrons. The van der Waals surface area contributed by atoms with E-state index in [0.29, 0.717) is 51.4 Å². The van der Waals surface area contributed by atoms with Crippen LogP contribution < -0.4 is 16.0 Å². The average Bonchev–Trinajstić information content (AvgIpc) is 1.79. The van der Waals surface area contributed by atoms with Gasteiger partial charge in [-0.15, -0.1) is 11.6 Å². The van der Waals surface area contributed by atoms with E-state index in [9.17, 15) is 56.3 Å². The predicted molar refractivity (Wildman–Crippen MR) is 344 cm³/mol. The molecular formula is C66H109ClF3N11O12. The maximum absolute atomic E-state index is 15.1. The van der Waals surface area contributed by atoms with E-state index < -0.39 is 162 Å². The first-order valence-electron chi connectivity index (χ1n) is 33.7. The van der Waals surface area contributed by atoms with Gasteiger partial charge >= 0.3 is 6.18 Å². The highest BCUT2D eigenvalue weighted by Crippen LogP contribution is 2.44. The molecule has 5 fully saturated rings. The Morgan fingerprint density at radius 1 is 0.634 bits per heavy atom. The number of hydrogen-bond donors (Lipinski definition) is 3. The number of carbonyl (C=O) groups excluding carboxylic acids is 11. The maximum Gasteiger partial charge on any atom is 0.393 e. The van der Waals surface area contributed by atoms with Crippen LogP contribution in [-0.2, 0) is 57.5 Å². The fourth-order valence-corrected chi connectivity index (χ4v) is 14.9. The van der Waals surface area contributed by atoms with Crippen molar-refractivity contribution in [2.45, 2.75) is 236 Å². The standard InChI is InChI=1S/C66H109ClF3N11O12/c1-16-41(6)56-62(90)76(10)37-54(84)74(8)38-55(85)79(13)51(35-44-21-25-45(93-15)26-22-44)61(89)75(9)36-52(82)71-48(28-24-43-23-27-46(47(67)34-43)66(68,69)70)60(88)81-31-19-20-49(81)59(87)73-65(29-17-18-30-65)64(92)80(14)57(40(4)5)63(91)77(11)42(7)33-53(83)78(12)50(32-39(2)3)58(86)72-56/h39-51,56-57H,16-38H2,1-15H3,(H,71,82)(H,72,86)(H,73,87)/t41-,42+,43?,44?,45?,46?,47?,48-,49-,50-,51-,56-,57-/m0/s1. The van der Waals surface area contributed by atoms with E-state index in [0.717, 1.165) is 14.7 Å². The fraction of sp³-hybridized carbons (Fsp3) is 0.833. The van der Waals surface area contributed by atoms with Crippen LogP contribution >= 0.6 is 11.6 Å². The molecule has 27 heteroatoms. The lowest BCUT2D eigenvalue weighted by Crippen LogP contribution is -2.64. The van der Waals surface area contributed by atoms with E-state index >= 15 is 9.59 Å². The van der Waals surface area contributed by atoms with Crippen LogP contribution in [0.25, 0.3) is 0 Å². The van der Waals surface area contributed by atoms with Crippen LogP contribution in [0.5, 0.6) is 0 Å². The summed E-state index contributed by atoms with van der Waals surface area (Å²) in [7, 11) is 11.8. The molecule has 0 aromatic heterocycles. The van der Waals surface area contributed by atoms with Gasteiger partial charge in [0, 0.05) is 80.8 Å². The highest BCUT2D eigenvalue weighted by Gasteiger charge is 2.51. The minimum Gasteiger partial charge on any atom is -0.381 e. The summed E-state index contributed by atoms with van der Waals surface area (Å²) in [5, 5.41) is 7.54. The second-order valence-corrected chi connectivity index (χ2v) is 29.0. The smallest absolute Gasteiger partial charge is 0.381 e. The summed E-state index contributed by atoms with van der Waals surface area (Å²) in [4.78, 5) is 171. The summed E-state index contributed by atoms with van der Waals surface area (Å²) in [5.41, 5.74) is -1.48. The Hall–Kier alpha value is -5.79. The molecule has 2 saturated heterocycles. The zero-order chi connectivity index (χ0) is 69.7. The third-order valence-electron chi connectivity index (χ3n) is 20.7. The van der Waals surface area contributed by atoms with Crippen LogP contribution in [-0.4, -0.2) is 252 Å². The van der Waals surface area contributed by atoms with Crippen LogP contribution in [0, 0.1) is 35.5 Å². The Bertz CT molecular complexity index is 2640. The Balaban J connectivity index is 1.55. The molecule has 11 atom stereocenters. The van der Waals surface area contributed by atoms with Crippen molar-refractivity contribution < 1.29 is 70.6 Å². The van der Waals surface area contributed by atoms with Gasteiger partial charge in [0.2, 0.25) is 65.0 Å². The third kappa shape index (κ3) is 20.1. The first-order chi connectivity index (χ1) is 43.5. The van der Waals surface area contributed by atoms with Gasteiger partial charge in [0.25, 0.3) is 0 Å². The van der Waals surface area contributed by atoms with Crippen LogP contribution in [0.2, 0.25) is 0 Å². The van der Waals surface area contributed by atoms with Crippen molar-refractivity contribution in [1.82, 2.24) is 55.1 Å². The van der Waals surface area contributed by atoms with Crippen molar-refractivity contribution in [3.63, 3.8) is 0 Å². The van der Waals surface area contributed by atoms with Gasteiger partial charge in [-0.1, -0.05) is 60.8 Å². The number of methoxy groups -OCH3 is 1. The predicted octanol–water partition coefficient (Wildman–Crippen LogP) is 5.19. The van der Waals surface area contributed by atoms with Gasteiger partial charge in [-0.2, -0.15) is 13.2 Å². The van der Waals surface area contributed by atoms with Gasteiger partial charge in [0.15, 0.2) is 0 Å². The summed E-state index contributed by atoms with van der Waals surface area (Å²) < 4.78 is 47.4. The third-order valence-corrected chi connectivity index (χ3v) is 21.2. The van der Waals surface area contributed by atoms with Gasteiger partial charge in [-0.25, -0.2) is 0 Å². The fourth-order valence-electron chi connectivity index (χ4n) is 14.3. The molecule has 5 aliphatic rings. The van der Waals surface area contributed by atoms with Gasteiger partial charge < -0.3 is 59.9 Å². The molecule has 93 heavy (non-hydrogen) atoms. The van der Waals surface area contributed by atoms with Crippen molar-refractivity contribution in [3.05, 3.63) is 0 Å². The molecule has 3 unspecified atom stereocenters. The highest BCUT2D eigenvalue weighted by atomic mass is 35.5. The molecule has 3 aliphatic carbocycles. The zero-order valence-electron chi connectivity index (χ0n) is 57.9. The number of fused-ring (bicyclic) bond motifs is 1. The first-order valence-corrected chi connectivity index (χ1v) is 34.2. The van der Waals surface area contributed by atoms with Gasteiger partial charge in [0.05, 0.1) is 31.7 Å². The Kier molecular flexibility index (Phi) is 28.7. The average molecular weight is 1340 g/mol. The SMILES string of the molecule is CC[C@H](C)[C@@H]1NC(=O)[C@H](CC(C)C)N(C)C(=O)C[C@@H](C)N(C)C(=O)[C@H](C(C)C)N(C)C(=O)C2(CCCC2)NC(=O)[C@@H]2CCCN2C(=O)[C@H](CCC2CCC(C(F)(F)F)C(Cl)C2)NC(=O)CN(C)C(=O)[C@H](CC2CCC(OC)CC2)N(C)C(=O)CN(C)C(=O)CN(C)C1=O. The molecule has 5 rings (SSSR count). The number of amides is 11. The summed E-state index contributed by atoms with van der Waals surface area (Å²) in [6, 6.07) is -7.61. The zero-order valence-corrected chi connectivity index (χ0v) is 58.7. The molecule has 11 amide bonds. The number of rotatable bonds is 11. The lowest BCUT2D eigenvalue weighted by molar-refractivity contribution is -0.182. The maximum atomic E-state index is 15.1. The Labute approximate surface area is 554 Å². The Morgan fingerprint density at radius 2 is 1.23 bits per heavy atom. The number of hydrogen-bond acceptors (Lipinski definition) is 12. The van der Waals surface area contributed by atoms with E-state index in [-0.39, 0.29) is 101 Å². The van der Waals surface area contributed by atoms with Gasteiger partial charge in [0.1, 0.15) is 41.8 Å². The second-order valence-electron chi connectivity index (χ2n) is 28.4. The number of alkyl halides is 4. The van der Waals surface area contributed by atoms with E-state index in [1.165, 1.54) is 73.8 Å². The number of ether oxygens (including phenoxy) is 1. The molecule has 0 radical (unpaired) electrons. The summed E-state index contributed by atoms with van der Waals surface area (Å²) in [6.07, 6.45) is 1.09. The summed E-state index contributed by atoms with van der Waals surface area (Å²) in [5.74, 6) is -9.70. The normalized spacial score (nSPS) is 30.8. The van der Waals surface area contributed by atoms with Crippen LogP contribution in [0.3, 0.4) is 0 Å². The van der Waals surface area contributed by atoms with Gasteiger partial charge in [-0.3, -0.25) is 52.7 Å². The molecule has 0 aromatic rings. The first kappa shape index (κ1) is 77.9. The quantitative estimate of drug-likeness (QED) is 0.226. The van der Waals surface area contributed by atoms with Crippen molar-refractivity contribution in [2.24, 2.45) is 35.5 Å². The minimum absolute atomic E-state index is 0.00699. The molecule has 0 bridgehead atoms. The molecule has 2 aliphatic heterocycles. The molecule has 3 N–H and O–H groups in total. The molecule has 0 aromatic carbocycles. The second kappa shape index (κ2) is 34.2. The topological polar surface area (TPSA) is 259 Å². The van der Waals surface area contributed by atoms with Crippen molar-refractivity contribution >= 4 is 76.6 Å². The summed E-state index contributed by atoms with van der Waals surface area (Å²) >= 11 is 6.37. The number of likely N-dealkylation sites (N-methyl/N-ethyl adjacent to an activating group) is 7. The number of nitrogens with one attached hydrogen (secondary N) is 3. The largest absolute Gasteiger partial charge is 0.393 e. The van der Waals surface area contributed by atoms with Crippen LogP contribution in [0.1, 0.15) is 170 Å². The number of nitrogens with zero attached hydrogens (tertiary/aromatic N) is 8. The highest BCUT2D eigenvalue weighted by molar-refractivity contribution is 6.20. The minimum atomic E-state index is -4.50. The van der Waals surface area contributed by atoms with Gasteiger partial charge in [-0.05, 0) is 133 Å². The summed E-state index contributed by atoms with van der Waals surface area (Å²) in [6.45, 7) is 11.1. The van der Waals surface area contributed by atoms with E-state index in [1.54, 1.807) is 34.8 Å². The van der Waals surface area contributed by atoms with E-state index in [4.69, 9.17) is 16.3 Å². The van der Waals surface area contributed by atoms with Crippen molar-refractivity contribution in [2.75, 3.05) is 82.6 Å². The lowest BCUT2D eigenvalue weighted by atomic mass is 9.78. The van der Waals surface area contributed by atoms with Crippen molar-refractivity contribution in [3.8, 4) is 0 Å². The molecule has 1 spiro atoms. The molecule has 2 heterocycles. The van der Waals surface area contributed by atoms with E-state index in [2.05, 4.69) is 16.0 Å². The van der Waals surface area contributed by atoms with Crippen LogP contribution in [0.15, 0.2) is 0 Å². The monoisotopic (exact) mass is 1340 g/mol.